The molecule has 1 heterocycles. The molecule has 1 aliphatic rings. The molecule has 3 heteroatoms. The van der Waals surface area contributed by atoms with Crippen LogP contribution in [0.4, 0.5) is 5.69 Å². The van der Waals surface area contributed by atoms with Crippen molar-refractivity contribution in [3.8, 4) is 0 Å². The smallest absolute Gasteiger partial charge is 0.0456 e. The van der Waals surface area contributed by atoms with Crippen molar-refractivity contribution in [2.24, 2.45) is 5.92 Å². The predicted molar refractivity (Wildman–Crippen MR) is 89.7 cm³/mol. The maximum absolute atomic E-state index is 8.98. The van der Waals surface area contributed by atoms with Crippen LogP contribution >= 0.6 is 0 Å². The van der Waals surface area contributed by atoms with E-state index in [2.05, 4.69) is 41.4 Å². The summed E-state index contributed by atoms with van der Waals surface area (Å²) in [6.45, 7) is 6.78. The summed E-state index contributed by atoms with van der Waals surface area (Å²) in [6.07, 6.45) is 6.27. The number of nitrogens with zero attached hydrogens (tertiary/aromatic N) is 1. The fourth-order valence-electron chi connectivity index (χ4n) is 2.88. The van der Waals surface area contributed by atoms with E-state index in [9.17, 15) is 0 Å². The van der Waals surface area contributed by atoms with Crippen LogP contribution in [0.5, 0.6) is 0 Å². The van der Waals surface area contributed by atoms with Crippen LogP contribution in [0.25, 0.3) is 0 Å². The van der Waals surface area contributed by atoms with Crippen molar-refractivity contribution in [2.45, 2.75) is 45.6 Å². The van der Waals surface area contributed by atoms with E-state index >= 15 is 0 Å². The van der Waals surface area contributed by atoms with E-state index < -0.39 is 0 Å². The van der Waals surface area contributed by atoms with E-state index in [1.807, 2.05) is 0 Å². The zero-order valence-electron chi connectivity index (χ0n) is 13.4. The Kier molecular flexibility index (Phi) is 7.04. The van der Waals surface area contributed by atoms with Crippen LogP contribution in [0.1, 0.15) is 44.6 Å². The molecule has 0 amide bonds. The molecule has 0 radical (unpaired) electrons. The Morgan fingerprint density at radius 2 is 1.86 bits per heavy atom. The van der Waals surface area contributed by atoms with Crippen LogP contribution in [0.15, 0.2) is 24.3 Å². The van der Waals surface area contributed by atoms with Gasteiger partial charge in [0.25, 0.3) is 0 Å². The first-order valence-electron chi connectivity index (χ1n) is 8.45. The Morgan fingerprint density at radius 1 is 1.14 bits per heavy atom. The molecule has 3 nitrogen and oxygen atoms in total. The average molecular weight is 290 g/mol. The summed E-state index contributed by atoms with van der Waals surface area (Å²) >= 11 is 0. The molecule has 1 saturated heterocycles. The van der Waals surface area contributed by atoms with E-state index in [0.717, 1.165) is 25.9 Å². The summed E-state index contributed by atoms with van der Waals surface area (Å²) in [6, 6.07) is 9.01. The summed E-state index contributed by atoms with van der Waals surface area (Å²) < 4.78 is 0. The SMILES string of the molecule is CC(CO)CCCNCc1ccc(N2CCCCC2)cc1. The zero-order valence-corrected chi connectivity index (χ0v) is 13.4. The first-order valence-corrected chi connectivity index (χ1v) is 8.45. The Hall–Kier alpha value is -1.06. The van der Waals surface area contributed by atoms with Crippen LogP contribution in [0, 0.1) is 5.92 Å². The van der Waals surface area contributed by atoms with Gasteiger partial charge in [-0.15, -0.1) is 0 Å². The summed E-state index contributed by atoms with van der Waals surface area (Å²) in [5.41, 5.74) is 2.72. The van der Waals surface area contributed by atoms with Gasteiger partial charge in [-0.3, -0.25) is 0 Å². The third-order valence-electron chi connectivity index (χ3n) is 4.35. The third kappa shape index (κ3) is 5.68. The molecule has 1 unspecified atom stereocenters. The number of aliphatic hydroxyl groups is 1. The molecule has 0 aromatic heterocycles. The molecule has 0 aliphatic carbocycles. The molecule has 2 rings (SSSR count). The predicted octanol–water partition coefficient (Wildman–Crippen LogP) is 3.18. The van der Waals surface area contributed by atoms with Gasteiger partial charge in [-0.05, 0) is 62.3 Å². The number of rotatable bonds is 8. The fraction of sp³-hybridized carbons (Fsp3) is 0.667. The second-order valence-corrected chi connectivity index (χ2v) is 6.32. The minimum absolute atomic E-state index is 0.304. The lowest BCUT2D eigenvalue weighted by Gasteiger charge is -2.28. The van der Waals surface area contributed by atoms with Gasteiger partial charge >= 0.3 is 0 Å². The molecule has 1 aromatic carbocycles. The highest BCUT2D eigenvalue weighted by atomic mass is 16.3. The summed E-state index contributed by atoms with van der Waals surface area (Å²) in [4.78, 5) is 2.50. The van der Waals surface area contributed by atoms with Gasteiger partial charge in [0.15, 0.2) is 0 Å². The highest BCUT2D eigenvalue weighted by Crippen LogP contribution is 2.20. The van der Waals surface area contributed by atoms with Gasteiger partial charge < -0.3 is 15.3 Å². The molecule has 1 atom stereocenters. The number of nitrogens with one attached hydrogen (secondary N) is 1. The van der Waals surface area contributed by atoms with Gasteiger partial charge in [0.1, 0.15) is 0 Å². The highest BCUT2D eigenvalue weighted by molar-refractivity contribution is 5.47. The van der Waals surface area contributed by atoms with Crippen molar-refractivity contribution in [3.05, 3.63) is 29.8 Å². The second kappa shape index (κ2) is 9.06. The van der Waals surface area contributed by atoms with Crippen LogP contribution in [0.2, 0.25) is 0 Å². The van der Waals surface area contributed by atoms with Crippen LogP contribution in [0.3, 0.4) is 0 Å². The molecule has 1 aromatic rings. The Balaban J connectivity index is 1.67. The second-order valence-electron chi connectivity index (χ2n) is 6.32. The van der Waals surface area contributed by atoms with E-state index in [1.165, 1.54) is 43.6 Å². The monoisotopic (exact) mass is 290 g/mol. The lowest BCUT2D eigenvalue weighted by atomic mass is 10.1. The maximum atomic E-state index is 8.98. The highest BCUT2D eigenvalue weighted by Gasteiger charge is 2.10. The number of aliphatic hydroxyl groups excluding tert-OH is 1. The van der Waals surface area contributed by atoms with Crippen molar-refractivity contribution in [1.82, 2.24) is 5.32 Å². The Labute approximate surface area is 129 Å². The molecule has 118 valence electrons. The van der Waals surface area contributed by atoms with Gasteiger partial charge in [0, 0.05) is 31.9 Å². The number of hydrogen-bond donors (Lipinski definition) is 2. The molecule has 0 bridgehead atoms. The minimum Gasteiger partial charge on any atom is -0.396 e. The van der Waals surface area contributed by atoms with E-state index in [1.54, 1.807) is 0 Å². The molecule has 2 N–H and O–H groups in total. The number of anilines is 1. The van der Waals surface area contributed by atoms with Crippen molar-refractivity contribution >= 4 is 5.69 Å². The van der Waals surface area contributed by atoms with E-state index in [0.29, 0.717) is 12.5 Å². The maximum Gasteiger partial charge on any atom is 0.0456 e. The first-order chi connectivity index (χ1) is 10.3. The first kappa shape index (κ1) is 16.3. The van der Waals surface area contributed by atoms with Crippen LogP contribution in [-0.2, 0) is 6.54 Å². The largest absolute Gasteiger partial charge is 0.396 e. The lowest BCUT2D eigenvalue weighted by molar-refractivity contribution is 0.228. The van der Waals surface area contributed by atoms with Gasteiger partial charge in [-0.2, -0.15) is 0 Å². The molecule has 1 aliphatic heterocycles. The number of hydrogen-bond acceptors (Lipinski definition) is 3. The summed E-state index contributed by atoms with van der Waals surface area (Å²) in [7, 11) is 0. The topological polar surface area (TPSA) is 35.5 Å². The van der Waals surface area contributed by atoms with Gasteiger partial charge in [0.05, 0.1) is 0 Å². The third-order valence-corrected chi connectivity index (χ3v) is 4.35. The average Bonchev–Trinajstić information content (AvgIpc) is 2.55. The zero-order chi connectivity index (χ0) is 14.9. The van der Waals surface area contributed by atoms with Gasteiger partial charge in [0.2, 0.25) is 0 Å². The van der Waals surface area contributed by atoms with Gasteiger partial charge in [-0.1, -0.05) is 19.1 Å². The van der Waals surface area contributed by atoms with Crippen LogP contribution in [-0.4, -0.2) is 31.3 Å². The normalized spacial score (nSPS) is 17.0. The summed E-state index contributed by atoms with van der Waals surface area (Å²) in [5.74, 6) is 0.427. The molecule has 0 spiro atoms. The van der Waals surface area contributed by atoms with Crippen molar-refractivity contribution < 1.29 is 5.11 Å². The Bertz CT molecular complexity index is 385. The fourth-order valence-corrected chi connectivity index (χ4v) is 2.88. The number of piperidine rings is 1. The van der Waals surface area contributed by atoms with Crippen molar-refractivity contribution in [3.63, 3.8) is 0 Å². The van der Waals surface area contributed by atoms with Gasteiger partial charge in [-0.25, -0.2) is 0 Å². The summed E-state index contributed by atoms with van der Waals surface area (Å²) in [5, 5.41) is 12.5. The quantitative estimate of drug-likeness (QED) is 0.722. The lowest BCUT2D eigenvalue weighted by Crippen LogP contribution is -2.29. The molecular weight excluding hydrogens is 260 g/mol. The number of benzene rings is 1. The standard InChI is InChI=1S/C18H30N2O/c1-16(15-21)6-5-11-19-14-17-7-9-18(10-8-17)20-12-3-2-4-13-20/h7-10,16,19,21H,2-6,11-15H2,1H3. The van der Waals surface area contributed by atoms with E-state index in [4.69, 9.17) is 5.11 Å². The Morgan fingerprint density at radius 3 is 2.52 bits per heavy atom. The minimum atomic E-state index is 0.304. The molecule has 21 heavy (non-hydrogen) atoms. The van der Waals surface area contributed by atoms with Crippen LogP contribution < -0.4 is 10.2 Å². The van der Waals surface area contributed by atoms with Crippen molar-refractivity contribution in [1.29, 1.82) is 0 Å². The molecule has 0 saturated carbocycles. The van der Waals surface area contributed by atoms with E-state index in [-0.39, 0.29) is 0 Å². The van der Waals surface area contributed by atoms with Crippen molar-refractivity contribution in [2.75, 3.05) is 31.1 Å². The molecular formula is C18H30N2O. The molecule has 1 fully saturated rings.